The van der Waals surface area contributed by atoms with E-state index in [0.29, 0.717) is 0 Å². The number of hydrogen-bond donors (Lipinski definition) is 1. The Morgan fingerprint density at radius 1 is 1.16 bits per heavy atom. The lowest BCUT2D eigenvalue weighted by Crippen LogP contribution is -2.17. The Morgan fingerprint density at radius 3 is 2.36 bits per heavy atom. The molecule has 1 N–H and O–H groups in total. The quantitative estimate of drug-likeness (QED) is 0.766. The van der Waals surface area contributed by atoms with Crippen LogP contribution in [0, 0.1) is 0 Å². The normalized spacial score (nSPS) is 12.0. The van der Waals surface area contributed by atoms with Gasteiger partial charge in [-0.3, -0.25) is 9.52 Å². The van der Waals surface area contributed by atoms with Crippen LogP contribution in [0.2, 0.25) is 0 Å². The molecule has 2 rings (SSSR count). The molecule has 134 valence electrons. The summed E-state index contributed by atoms with van der Waals surface area (Å²) in [5.41, 5.74) is -1.27. The highest BCUT2D eigenvalue weighted by Gasteiger charge is 2.34. The molecule has 0 aliphatic carbocycles. The van der Waals surface area contributed by atoms with Gasteiger partial charge >= 0.3 is 6.18 Å². The van der Waals surface area contributed by atoms with E-state index in [0.717, 1.165) is 18.2 Å². The van der Waals surface area contributed by atoms with Crippen LogP contribution >= 0.6 is 11.6 Å². The van der Waals surface area contributed by atoms with Gasteiger partial charge < -0.3 is 0 Å². The number of rotatable bonds is 5. The first-order chi connectivity index (χ1) is 11.6. The Kier molecular flexibility index (Phi) is 5.43. The van der Waals surface area contributed by atoms with Crippen molar-refractivity contribution in [1.29, 1.82) is 0 Å². The van der Waals surface area contributed by atoms with E-state index in [1.54, 1.807) is 0 Å². The first kappa shape index (κ1) is 19.3. The van der Waals surface area contributed by atoms with Gasteiger partial charge in [-0.25, -0.2) is 8.42 Å². The van der Waals surface area contributed by atoms with Crippen LogP contribution in [-0.2, 0) is 22.6 Å². The van der Waals surface area contributed by atoms with Gasteiger partial charge in [0, 0.05) is 5.56 Å². The molecule has 0 radical (unpaired) electrons. The van der Waals surface area contributed by atoms with Crippen LogP contribution in [0.3, 0.4) is 0 Å². The third kappa shape index (κ3) is 4.32. The highest BCUT2D eigenvalue weighted by molar-refractivity contribution is 7.92. The van der Waals surface area contributed by atoms with Gasteiger partial charge in [-0.05, 0) is 47.9 Å². The fourth-order valence-corrected chi connectivity index (χ4v) is 3.57. The molecule has 0 aliphatic heterocycles. The molecule has 0 aromatic heterocycles. The van der Waals surface area contributed by atoms with Crippen molar-refractivity contribution in [2.75, 3.05) is 4.72 Å². The number of hydrogen-bond acceptors (Lipinski definition) is 3. The van der Waals surface area contributed by atoms with Gasteiger partial charge in [0.15, 0.2) is 0 Å². The Hall–Kier alpha value is -2.06. The average Bonchev–Trinajstić information content (AvgIpc) is 2.53. The number of anilines is 1. The molecule has 2 aromatic carbocycles. The minimum absolute atomic E-state index is 0.0201. The van der Waals surface area contributed by atoms with Crippen molar-refractivity contribution in [2.45, 2.75) is 24.4 Å². The fraction of sp³-hybridized carbons (Fsp3) is 0.188. The van der Waals surface area contributed by atoms with Gasteiger partial charge in [0.1, 0.15) is 0 Å². The lowest BCUT2D eigenvalue weighted by Gasteiger charge is -2.17. The van der Waals surface area contributed by atoms with Gasteiger partial charge in [0.25, 0.3) is 15.3 Å². The zero-order valence-electron chi connectivity index (χ0n) is 12.9. The van der Waals surface area contributed by atoms with E-state index in [1.807, 2.05) is 0 Å². The minimum atomic E-state index is -4.60. The van der Waals surface area contributed by atoms with Crippen molar-refractivity contribution in [3.63, 3.8) is 0 Å². The van der Waals surface area contributed by atoms with E-state index in [9.17, 15) is 26.4 Å². The van der Waals surface area contributed by atoms with Gasteiger partial charge in [0.2, 0.25) is 0 Å². The third-order valence-corrected chi connectivity index (χ3v) is 5.03. The smallest absolute Gasteiger partial charge is 0.279 e. The summed E-state index contributed by atoms with van der Waals surface area (Å²) in [7, 11) is -4.19. The predicted octanol–water partition coefficient (Wildman–Crippen LogP) is 4.45. The second kappa shape index (κ2) is 7.05. The summed E-state index contributed by atoms with van der Waals surface area (Å²) in [5.74, 6) is 0. The maximum Gasteiger partial charge on any atom is 0.416 e. The zero-order valence-corrected chi connectivity index (χ0v) is 14.5. The number of carbonyl (C=O) groups excluding carboxylic acids is 1. The summed E-state index contributed by atoms with van der Waals surface area (Å²) in [4.78, 5) is 10.9. The molecule has 0 spiro atoms. The topological polar surface area (TPSA) is 63.2 Å². The summed E-state index contributed by atoms with van der Waals surface area (Å²) < 4.78 is 66.3. The highest BCUT2D eigenvalue weighted by atomic mass is 35.5. The second-order valence-electron chi connectivity index (χ2n) is 5.09. The van der Waals surface area contributed by atoms with Crippen LogP contribution in [0.15, 0.2) is 47.4 Å². The van der Waals surface area contributed by atoms with Crippen molar-refractivity contribution in [3.05, 3.63) is 59.2 Å². The summed E-state index contributed by atoms with van der Waals surface area (Å²) in [5, 5.41) is -0.842. The van der Waals surface area contributed by atoms with Crippen molar-refractivity contribution in [2.24, 2.45) is 0 Å². The highest BCUT2D eigenvalue weighted by Crippen LogP contribution is 2.36. The SMILES string of the molecule is CCc1c(NS(=O)(=O)c2cccc(C(=O)Cl)c2)cccc1C(F)(F)F. The van der Waals surface area contributed by atoms with Crippen LogP contribution in [0.1, 0.15) is 28.4 Å². The first-order valence-electron chi connectivity index (χ1n) is 7.08. The molecule has 0 saturated carbocycles. The first-order valence-corrected chi connectivity index (χ1v) is 8.94. The molecule has 2 aromatic rings. The van der Waals surface area contributed by atoms with E-state index in [1.165, 1.54) is 31.2 Å². The molecular formula is C16H13ClF3NO3S. The number of sulfonamides is 1. The molecule has 0 atom stereocenters. The van der Waals surface area contributed by atoms with Crippen LogP contribution in [-0.4, -0.2) is 13.7 Å². The number of alkyl halides is 3. The van der Waals surface area contributed by atoms with Gasteiger partial charge in [0.05, 0.1) is 16.1 Å². The Balaban J connectivity index is 2.49. The van der Waals surface area contributed by atoms with Crippen molar-refractivity contribution < 1.29 is 26.4 Å². The monoisotopic (exact) mass is 391 g/mol. The second-order valence-corrected chi connectivity index (χ2v) is 7.12. The largest absolute Gasteiger partial charge is 0.416 e. The lowest BCUT2D eigenvalue weighted by atomic mass is 10.0. The van der Waals surface area contributed by atoms with Gasteiger partial charge in [-0.15, -0.1) is 0 Å². The molecule has 4 nitrogen and oxygen atoms in total. The molecule has 0 bridgehead atoms. The van der Waals surface area contributed by atoms with E-state index < -0.39 is 27.0 Å². The van der Waals surface area contributed by atoms with Crippen molar-refractivity contribution >= 4 is 32.6 Å². The van der Waals surface area contributed by atoms with Gasteiger partial charge in [-0.2, -0.15) is 13.2 Å². The molecule has 0 fully saturated rings. The van der Waals surface area contributed by atoms with E-state index in [2.05, 4.69) is 4.72 Å². The molecule has 0 heterocycles. The van der Waals surface area contributed by atoms with Crippen molar-refractivity contribution in [1.82, 2.24) is 0 Å². The number of carbonyl (C=O) groups is 1. The molecule has 25 heavy (non-hydrogen) atoms. The molecule has 9 heteroatoms. The standard InChI is InChI=1S/C16H13ClF3NO3S/c1-2-12-13(16(18,19)20)7-4-8-14(12)21-25(23,24)11-6-3-5-10(9-11)15(17)22/h3-9,21H,2H2,1H3. The lowest BCUT2D eigenvalue weighted by molar-refractivity contribution is -0.138. The van der Waals surface area contributed by atoms with Crippen LogP contribution in [0.5, 0.6) is 0 Å². The maximum absolute atomic E-state index is 13.1. The summed E-state index contributed by atoms with van der Waals surface area (Å²) in [6.07, 6.45) is -4.62. The molecule has 0 amide bonds. The molecule has 0 saturated heterocycles. The summed E-state index contributed by atoms with van der Waals surface area (Å²) in [6, 6.07) is 8.18. The fourth-order valence-electron chi connectivity index (χ4n) is 2.32. The Morgan fingerprint density at radius 2 is 1.80 bits per heavy atom. The van der Waals surface area contributed by atoms with Crippen molar-refractivity contribution in [3.8, 4) is 0 Å². The molecular weight excluding hydrogens is 379 g/mol. The third-order valence-electron chi connectivity index (χ3n) is 3.45. The van der Waals surface area contributed by atoms with E-state index in [-0.39, 0.29) is 28.1 Å². The van der Waals surface area contributed by atoms with E-state index in [4.69, 9.17) is 11.6 Å². The maximum atomic E-state index is 13.1. The summed E-state index contributed by atoms with van der Waals surface area (Å²) in [6.45, 7) is 1.50. The average molecular weight is 392 g/mol. The minimum Gasteiger partial charge on any atom is -0.279 e. The summed E-state index contributed by atoms with van der Waals surface area (Å²) >= 11 is 5.32. The molecule has 0 aliphatic rings. The predicted molar refractivity (Wildman–Crippen MR) is 88.3 cm³/mol. The van der Waals surface area contributed by atoms with Gasteiger partial charge in [-0.1, -0.05) is 25.1 Å². The Labute approximate surface area is 147 Å². The van der Waals surface area contributed by atoms with Crippen LogP contribution in [0.25, 0.3) is 0 Å². The number of halogens is 4. The van der Waals surface area contributed by atoms with Crippen LogP contribution < -0.4 is 4.72 Å². The zero-order chi connectivity index (χ0) is 18.8. The molecule has 0 unspecified atom stereocenters. The number of nitrogens with one attached hydrogen (secondary N) is 1. The van der Waals surface area contributed by atoms with Crippen LogP contribution in [0.4, 0.5) is 18.9 Å². The van der Waals surface area contributed by atoms with E-state index >= 15 is 0 Å². The Bertz CT molecular complexity index is 911. The number of benzene rings is 2.